The van der Waals surface area contributed by atoms with E-state index in [2.05, 4.69) is 9.98 Å². The molecule has 0 saturated heterocycles. The van der Waals surface area contributed by atoms with Gasteiger partial charge in [0.15, 0.2) is 12.4 Å². The number of hydrogen-bond donors (Lipinski definition) is 2. The van der Waals surface area contributed by atoms with Gasteiger partial charge in [0.05, 0.1) is 6.04 Å². The third-order valence-electron chi connectivity index (χ3n) is 2.41. The minimum Gasteiger partial charge on any atom is -0.508 e. The molecule has 5 nitrogen and oxygen atoms in total. The molecule has 86 valence electrons. The van der Waals surface area contributed by atoms with Gasteiger partial charge in [0.2, 0.25) is 0 Å². The Morgan fingerprint density at radius 3 is 2.47 bits per heavy atom. The van der Waals surface area contributed by atoms with Crippen molar-refractivity contribution in [1.82, 2.24) is 0 Å². The number of nitrogens with two attached hydrogens (primary N) is 1. The molecular formula is C12H12N3O2+. The summed E-state index contributed by atoms with van der Waals surface area (Å²) in [5, 5.41) is 9.13. The highest BCUT2D eigenvalue weighted by molar-refractivity contribution is 6.20. The maximum absolute atomic E-state index is 11.8. The molecule has 0 amide bonds. The van der Waals surface area contributed by atoms with Gasteiger partial charge < -0.3 is 10.8 Å². The average Bonchev–Trinajstić information content (AvgIpc) is 2.84. The lowest BCUT2D eigenvalue weighted by molar-refractivity contribution is -0.118. The van der Waals surface area contributed by atoms with E-state index in [1.165, 1.54) is 12.4 Å². The number of phenols is 1. The first-order chi connectivity index (χ1) is 8.16. The summed E-state index contributed by atoms with van der Waals surface area (Å²) in [4.78, 5) is 19.4. The number of aromatic hydroxyl groups is 1. The predicted molar refractivity (Wildman–Crippen MR) is 65.0 cm³/mol. The predicted octanol–water partition coefficient (Wildman–Crippen LogP) is 0.476. The maximum Gasteiger partial charge on any atom is 0.310 e. The zero-order valence-corrected chi connectivity index (χ0v) is 9.08. The normalized spacial score (nSPS) is 15.2. The van der Waals surface area contributed by atoms with Crippen molar-refractivity contribution < 1.29 is 9.90 Å². The van der Waals surface area contributed by atoms with Gasteiger partial charge in [0, 0.05) is 0 Å². The molecule has 0 spiro atoms. The monoisotopic (exact) mass is 230 g/mol. The number of benzene rings is 1. The van der Waals surface area contributed by atoms with E-state index in [0.717, 1.165) is 5.56 Å². The van der Waals surface area contributed by atoms with Crippen LogP contribution in [0.4, 0.5) is 0 Å². The first kappa shape index (κ1) is 11.3. The fourth-order valence-electron chi connectivity index (χ4n) is 1.51. The van der Waals surface area contributed by atoms with Crippen molar-refractivity contribution in [2.24, 2.45) is 15.7 Å². The molecule has 17 heavy (non-hydrogen) atoms. The molecule has 3 N–H and O–H groups in total. The van der Waals surface area contributed by atoms with Gasteiger partial charge in [0.25, 0.3) is 5.78 Å². The molecule has 1 aliphatic heterocycles. The van der Waals surface area contributed by atoms with Crippen LogP contribution in [0.1, 0.15) is 5.56 Å². The molecular weight excluding hydrogens is 218 g/mol. The Morgan fingerprint density at radius 2 is 1.88 bits per heavy atom. The number of aliphatic imine (C=N–C) groups is 2. The lowest BCUT2D eigenvalue weighted by Gasteiger charge is -2.08. The number of carbonyl (C=O) groups excluding carboxylic acids is 1. The van der Waals surface area contributed by atoms with E-state index in [9.17, 15) is 4.79 Å². The van der Waals surface area contributed by atoms with Crippen molar-refractivity contribution in [2.75, 3.05) is 0 Å². The van der Waals surface area contributed by atoms with Crippen LogP contribution in [0.2, 0.25) is 0 Å². The number of phenolic OH excluding ortho intramolecular Hbond substituents is 1. The smallest absolute Gasteiger partial charge is 0.310 e. The van der Waals surface area contributed by atoms with E-state index in [1.807, 2.05) is 0 Å². The Labute approximate surface area is 98.7 Å². The lowest BCUT2D eigenvalue weighted by atomic mass is 10.0. The summed E-state index contributed by atoms with van der Waals surface area (Å²) in [6, 6.07) is 5.92. The van der Waals surface area contributed by atoms with E-state index < -0.39 is 6.04 Å². The Kier molecular flexibility index (Phi) is 3.20. The summed E-state index contributed by atoms with van der Waals surface area (Å²) in [5.74, 6) is -0.0870. The summed E-state index contributed by atoms with van der Waals surface area (Å²) in [7, 11) is 0. The summed E-state index contributed by atoms with van der Waals surface area (Å²) < 4.78 is 0. The van der Waals surface area contributed by atoms with Crippen LogP contribution in [0.25, 0.3) is 0 Å². The number of carbonyl (C=O) groups is 1. The molecule has 2 rings (SSSR count). The molecule has 1 aromatic rings. The minimum atomic E-state index is -0.665. The standard InChI is InChI=1S/C12H11N3O2/c13-10(11(17)12-14-5-6-15-12)7-8-1-3-9(16)4-2-8/h1-6,10H,7,13H2/p+1/t10-/m0/s1. The van der Waals surface area contributed by atoms with Crippen LogP contribution in [-0.4, -0.2) is 29.4 Å². The molecule has 0 saturated carbocycles. The summed E-state index contributed by atoms with van der Waals surface area (Å²) in [6.07, 6.45) is 3.46. The molecule has 1 atom stereocenters. The molecule has 1 aromatic carbocycles. The molecule has 1 heterocycles. The first-order valence-corrected chi connectivity index (χ1v) is 5.18. The number of hydrogen-bond acceptors (Lipinski definition) is 5. The third kappa shape index (κ3) is 2.70. The van der Waals surface area contributed by atoms with Crippen molar-refractivity contribution in [2.45, 2.75) is 12.5 Å². The van der Waals surface area contributed by atoms with Gasteiger partial charge in [-0.25, -0.2) is 0 Å². The van der Waals surface area contributed by atoms with E-state index in [-0.39, 0.29) is 17.7 Å². The van der Waals surface area contributed by atoms with E-state index in [0.29, 0.717) is 6.42 Å². The van der Waals surface area contributed by atoms with Crippen molar-refractivity contribution in [3.05, 3.63) is 36.0 Å². The zero-order valence-electron chi connectivity index (χ0n) is 9.08. The Hall–Kier alpha value is -2.14. The number of rotatable bonds is 4. The van der Waals surface area contributed by atoms with Crippen LogP contribution in [0.15, 0.2) is 34.3 Å². The van der Waals surface area contributed by atoms with Crippen molar-refractivity contribution in [1.29, 1.82) is 0 Å². The highest BCUT2D eigenvalue weighted by atomic mass is 16.3. The summed E-state index contributed by atoms with van der Waals surface area (Å²) in [5.41, 5.74) is 6.67. The molecule has 0 aliphatic carbocycles. The average molecular weight is 230 g/mol. The number of ketones is 1. The largest absolute Gasteiger partial charge is 0.508 e. The topological polar surface area (TPSA) is 88.0 Å². The highest BCUT2D eigenvalue weighted by Gasteiger charge is 2.31. The second kappa shape index (κ2) is 4.80. The van der Waals surface area contributed by atoms with Crippen LogP contribution in [0.5, 0.6) is 5.75 Å². The fourth-order valence-corrected chi connectivity index (χ4v) is 1.51. The van der Waals surface area contributed by atoms with Crippen molar-refractivity contribution in [3.8, 4) is 5.75 Å². The lowest BCUT2D eigenvalue weighted by Crippen LogP contribution is -2.35. The Bertz CT molecular complexity index is 453. The number of Topliss-reactive ketones (excluding diaryl/α,β-unsaturated/α-hetero) is 1. The molecule has 0 bridgehead atoms. The SMILES string of the molecule is N[C@@H](Cc1ccc(O)cc1)C(=O)[C+]1N=CC=N1. The summed E-state index contributed by atoms with van der Waals surface area (Å²) >= 11 is 0. The van der Waals surface area contributed by atoms with Gasteiger partial charge in [-0.15, -0.1) is 0 Å². The van der Waals surface area contributed by atoms with Crippen LogP contribution >= 0.6 is 0 Å². The summed E-state index contributed by atoms with van der Waals surface area (Å²) in [6.45, 7) is 0. The second-order valence-electron chi connectivity index (χ2n) is 3.72. The Morgan fingerprint density at radius 1 is 1.29 bits per heavy atom. The minimum absolute atomic E-state index is 0.149. The van der Waals surface area contributed by atoms with E-state index >= 15 is 0 Å². The van der Waals surface area contributed by atoms with Gasteiger partial charge in [-0.05, 0) is 24.1 Å². The van der Waals surface area contributed by atoms with Crippen LogP contribution in [0.3, 0.4) is 0 Å². The van der Waals surface area contributed by atoms with Crippen molar-refractivity contribution >= 4 is 18.2 Å². The zero-order chi connectivity index (χ0) is 12.3. The van der Waals surface area contributed by atoms with Gasteiger partial charge in [0.1, 0.15) is 5.75 Å². The maximum atomic E-state index is 11.8. The molecule has 5 heteroatoms. The fraction of sp³-hybridized carbons (Fsp3) is 0.167. The van der Waals surface area contributed by atoms with Crippen molar-refractivity contribution in [3.63, 3.8) is 0 Å². The highest BCUT2D eigenvalue weighted by Crippen LogP contribution is 2.15. The van der Waals surface area contributed by atoms with Gasteiger partial charge in [-0.3, -0.25) is 4.79 Å². The van der Waals surface area contributed by atoms with Crippen LogP contribution in [0, 0.1) is 6.17 Å². The van der Waals surface area contributed by atoms with Gasteiger partial charge in [-0.2, -0.15) is 0 Å². The molecule has 0 aromatic heterocycles. The third-order valence-corrected chi connectivity index (χ3v) is 2.41. The quantitative estimate of drug-likeness (QED) is 0.737. The second-order valence-corrected chi connectivity index (χ2v) is 3.72. The van der Waals surface area contributed by atoms with Crippen LogP contribution < -0.4 is 5.73 Å². The van der Waals surface area contributed by atoms with E-state index in [1.54, 1.807) is 24.3 Å². The molecule has 0 unspecified atom stereocenters. The molecule has 1 aliphatic rings. The first-order valence-electron chi connectivity index (χ1n) is 5.18. The molecule has 0 radical (unpaired) electrons. The number of nitrogens with zero attached hydrogens (tertiary/aromatic N) is 2. The van der Waals surface area contributed by atoms with E-state index in [4.69, 9.17) is 10.8 Å². The van der Waals surface area contributed by atoms with Gasteiger partial charge >= 0.3 is 6.17 Å². The molecule has 0 fully saturated rings. The van der Waals surface area contributed by atoms with Gasteiger partial charge in [-0.1, -0.05) is 22.1 Å². The Balaban J connectivity index is 1.98. The van der Waals surface area contributed by atoms with Crippen LogP contribution in [-0.2, 0) is 11.2 Å².